The van der Waals surface area contributed by atoms with Crippen LogP contribution in [0, 0.1) is 20.8 Å². The van der Waals surface area contributed by atoms with Crippen LogP contribution in [0.4, 0.5) is 5.69 Å². The third-order valence-electron chi connectivity index (χ3n) is 5.33. The van der Waals surface area contributed by atoms with Crippen molar-refractivity contribution in [3.63, 3.8) is 0 Å². The van der Waals surface area contributed by atoms with Crippen LogP contribution in [0.5, 0.6) is 0 Å². The summed E-state index contributed by atoms with van der Waals surface area (Å²) in [6, 6.07) is 5.00. The highest BCUT2D eigenvalue weighted by Gasteiger charge is 2.25. The first-order chi connectivity index (χ1) is 15.2. The summed E-state index contributed by atoms with van der Waals surface area (Å²) in [6.45, 7) is 5.37. The Kier molecular flexibility index (Phi) is 5.87. The van der Waals surface area contributed by atoms with Gasteiger partial charge in [0.05, 0.1) is 27.5 Å². The fourth-order valence-corrected chi connectivity index (χ4v) is 4.59. The van der Waals surface area contributed by atoms with Gasteiger partial charge in [-0.15, -0.1) is 11.3 Å². The van der Waals surface area contributed by atoms with Gasteiger partial charge in [0.1, 0.15) is 9.88 Å². The average Bonchev–Trinajstić information content (AvgIpc) is 3.46. The summed E-state index contributed by atoms with van der Waals surface area (Å²) in [4.78, 5) is 42.6. The van der Waals surface area contributed by atoms with Crippen molar-refractivity contribution in [2.75, 3.05) is 5.32 Å². The van der Waals surface area contributed by atoms with Crippen LogP contribution in [0.3, 0.4) is 0 Å². The van der Waals surface area contributed by atoms with Crippen LogP contribution < -0.4 is 16.2 Å². The Hall–Kier alpha value is -3.04. The van der Waals surface area contributed by atoms with Crippen molar-refractivity contribution in [2.24, 2.45) is 7.05 Å². The minimum atomic E-state index is -0.363. The van der Waals surface area contributed by atoms with Crippen LogP contribution in [0.15, 0.2) is 23.0 Å². The van der Waals surface area contributed by atoms with Crippen molar-refractivity contribution >= 4 is 40.4 Å². The Balaban J connectivity index is 1.58. The van der Waals surface area contributed by atoms with Crippen LogP contribution in [0.25, 0.3) is 10.6 Å². The summed E-state index contributed by atoms with van der Waals surface area (Å²) in [5.74, 6) is -0.583. The number of nitrogens with one attached hydrogen (secondary N) is 2. The first-order valence-electron chi connectivity index (χ1n) is 10.1. The van der Waals surface area contributed by atoms with Gasteiger partial charge in [0.2, 0.25) is 0 Å². The van der Waals surface area contributed by atoms with E-state index in [9.17, 15) is 14.4 Å². The number of carbonyl (C=O) groups is 2. The average molecular weight is 472 g/mol. The third-order valence-corrected chi connectivity index (χ3v) is 6.81. The number of halogens is 1. The lowest BCUT2D eigenvalue weighted by atomic mass is 10.1. The van der Waals surface area contributed by atoms with E-state index in [2.05, 4.69) is 20.7 Å². The number of benzene rings is 1. The molecule has 1 aliphatic rings. The standard InChI is InChI=1S/C22H22ClN5O3S/c1-10-11(2)27-28(4)22(31)17(10)21-24-12(3)18(32-21)20(30)26-14-7-8-15(16(23)9-14)19(29)25-13-5-6-13/h7-9,13H,5-6H2,1-4H3,(H,25,29)(H,26,30). The van der Waals surface area contributed by atoms with E-state index in [0.29, 0.717) is 32.4 Å². The van der Waals surface area contributed by atoms with Gasteiger partial charge in [-0.05, 0) is 57.4 Å². The Morgan fingerprint density at radius 3 is 2.53 bits per heavy atom. The molecule has 0 atom stereocenters. The molecule has 0 bridgehead atoms. The van der Waals surface area contributed by atoms with E-state index < -0.39 is 0 Å². The molecule has 1 aliphatic carbocycles. The Labute approximate surface area is 193 Å². The summed E-state index contributed by atoms with van der Waals surface area (Å²) in [5.41, 5.74) is 2.99. The molecule has 10 heteroatoms. The molecule has 2 aromatic heterocycles. The van der Waals surface area contributed by atoms with E-state index in [1.165, 1.54) is 4.68 Å². The molecule has 166 valence electrons. The lowest BCUT2D eigenvalue weighted by Crippen LogP contribution is -2.25. The van der Waals surface area contributed by atoms with Gasteiger partial charge in [0.25, 0.3) is 17.4 Å². The molecule has 32 heavy (non-hydrogen) atoms. The van der Waals surface area contributed by atoms with Crippen LogP contribution in [-0.4, -0.2) is 32.6 Å². The normalized spacial score (nSPS) is 13.2. The Morgan fingerprint density at radius 1 is 1.16 bits per heavy atom. The number of thiazole rings is 1. The smallest absolute Gasteiger partial charge is 0.277 e. The van der Waals surface area contributed by atoms with Crippen LogP contribution in [-0.2, 0) is 7.05 Å². The van der Waals surface area contributed by atoms with Crippen LogP contribution >= 0.6 is 22.9 Å². The molecule has 1 fully saturated rings. The van der Waals surface area contributed by atoms with Crippen molar-refractivity contribution in [3.05, 3.63) is 61.0 Å². The highest BCUT2D eigenvalue weighted by atomic mass is 35.5. The molecular formula is C22H22ClN5O3S. The van der Waals surface area contributed by atoms with E-state index in [0.717, 1.165) is 35.4 Å². The second-order valence-corrected chi connectivity index (χ2v) is 9.25. The first kappa shape index (κ1) is 22.2. The Bertz CT molecular complexity index is 1310. The van der Waals surface area contributed by atoms with Crippen molar-refractivity contribution in [1.29, 1.82) is 0 Å². The van der Waals surface area contributed by atoms with Crippen molar-refractivity contribution in [3.8, 4) is 10.6 Å². The largest absolute Gasteiger partial charge is 0.349 e. The molecule has 0 saturated heterocycles. The van der Waals surface area contributed by atoms with Crippen LogP contribution in [0.1, 0.15) is 49.8 Å². The second-order valence-electron chi connectivity index (χ2n) is 7.84. The lowest BCUT2D eigenvalue weighted by Gasteiger charge is -2.09. The lowest BCUT2D eigenvalue weighted by molar-refractivity contribution is 0.0950. The molecule has 2 heterocycles. The van der Waals surface area contributed by atoms with Gasteiger partial charge in [-0.1, -0.05) is 11.6 Å². The predicted octanol–water partition coefficient (Wildman–Crippen LogP) is 3.63. The molecule has 1 aromatic carbocycles. The molecule has 1 saturated carbocycles. The number of hydrogen-bond donors (Lipinski definition) is 2. The number of aromatic nitrogens is 3. The summed E-state index contributed by atoms with van der Waals surface area (Å²) in [6.07, 6.45) is 1.97. The zero-order valence-corrected chi connectivity index (χ0v) is 19.6. The predicted molar refractivity (Wildman–Crippen MR) is 125 cm³/mol. The van der Waals surface area contributed by atoms with Crippen molar-refractivity contribution in [1.82, 2.24) is 20.1 Å². The molecule has 0 unspecified atom stereocenters. The molecule has 0 radical (unpaired) electrons. The highest BCUT2D eigenvalue weighted by molar-refractivity contribution is 7.17. The molecule has 4 rings (SSSR count). The minimum Gasteiger partial charge on any atom is -0.349 e. The van der Waals surface area contributed by atoms with Crippen LogP contribution in [0.2, 0.25) is 5.02 Å². The van der Waals surface area contributed by atoms with E-state index >= 15 is 0 Å². The third kappa shape index (κ3) is 4.31. The van der Waals surface area contributed by atoms with Gasteiger partial charge in [0.15, 0.2) is 0 Å². The number of hydrogen-bond acceptors (Lipinski definition) is 6. The summed E-state index contributed by atoms with van der Waals surface area (Å²) >= 11 is 7.42. The van der Waals surface area contributed by atoms with Gasteiger partial charge in [-0.25, -0.2) is 9.67 Å². The fourth-order valence-electron chi connectivity index (χ4n) is 3.27. The summed E-state index contributed by atoms with van der Waals surface area (Å²) < 4.78 is 1.27. The SMILES string of the molecule is Cc1nc(-c2c(C)c(C)nn(C)c2=O)sc1C(=O)Nc1ccc(C(=O)NC2CC2)c(Cl)c1. The molecule has 0 spiro atoms. The summed E-state index contributed by atoms with van der Waals surface area (Å²) in [5, 5.41) is 10.6. The molecular weight excluding hydrogens is 450 g/mol. The zero-order chi connectivity index (χ0) is 23.2. The number of nitrogens with zero attached hydrogens (tertiary/aromatic N) is 3. The van der Waals surface area contributed by atoms with Gasteiger partial charge >= 0.3 is 0 Å². The van der Waals surface area contributed by atoms with E-state index in [1.54, 1.807) is 32.2 Å². The maximum absolute atomic E-state index is 12.9. The molecule has 8 nitrogen and oxygen atoms in total. The van der Waals surface area contributed by atoms with Crippen molar-refractivity contribution < 1.29 is 9.59 Å². The van der Waals surface area contributed by atoms with E-state index in [1.807, 2.05) is 13.8 Å². The number of anilines is 1. The van der Waals surface area contributed by atoms with E-state index in [-0.39, 0.29) is 28.4 Å². The number of aryl methyl sites for hydroxylation is 3. The molecule has 3 aromatic rings. The van der Waals surface area contributed by atoms with Gasteiger partial charge in [-0.3, -0.25) is 14.4 Å². The summed E-state index contributed by atoms with van der Waals surface area (Å²) in [7, 11) is 1.59. The zero-order valence-electron chi connectivity index (χ0n) is 18.1. The maximum Gasteiger partial charge on any atom is 0.277 e. The van der Waals surface area contributed by atoms with Gasteiger partial charge in [0, 0.05) is 18.8 Å². The highest BCUT2D eigenvalue weighted by Crippen LogP contribution is 2.30. The second kappa shape index (κ2) is 8.48. The topological polar surface area (TPSA) is 106 Å². The maximum atomic E-state index is 12.9. The number of rotatable bonds is 5. The Morgan fingerprint density at radius 2 is 1.88 bits per heavy atom. The molecule has 2 N–H and O–H groups in total. The molecule has 0 aliphatic heterocycles. The van der Waals surface area contributed by atoms with Gasteiger partial charge < -0.3 is 10.6 Å². The van der Waals surface area contributed by atoms with Gasteiger partial charge in [-0.2, -0.15) is 5.10 Å². The number of carbonyl (C=O) groups excluding carboxylic acids is 2. The van der Waals surface area contributed by atoms with Crippen molar-refractivity contribution in [2.45, 2.75) is 39.7 Å². The first-order valence-corrected chi connectivity index (χ1v) is 11.3. The number of amides is 2. The fraction of sp³-hybridized carbons (Fsp3) is 0.318. The monoisotopic (exact) mass is 471 g/mol. The minimum absolute atomic E-state index is 0.220. The van der Waals surface area contributed by atoms with E-state index in [4.69, 9.17) is 11.6 Å². The molecule has 2 amide bonds. The quantitative estimate of drug-likeness (QED) is 0.591.